The lowest BCUT2D eigenvalue weighted by Gasteiger charge is -2.25. The van der Waals surface area contributed by atoms with Gasteiger partial charge in [-0.1, -0.05) is 18.9 Å². The fourth-order valence-electron chi connectivity index (χ4n) is 4.87. The van der Waals surface area contributed by atoms with Gasteiger partial charge in [0.2, 0.25) is 0 Å². The number of morpholine rings is 1. The van der Waals surface area contributed by atoms with Crippen molar-refractivity contribution in [3.05, 3.63) is 77.7 Å². The summed E-state index contributed by atoms with van der Waals surface area (Å²) in [6.45, 7) is 8.21. The van der Waals surface area contributed by atoms with Crippen molar-refractivity contribution in [2.24, 2.45) is 11.8 Å². The molecule has 0 amide bonds. The molecule has 2 atom stereocenters. The Labute approximate surface area is 218 Å². The van der Waals surface area contributed by atoms with Gasteiger partial charge in [-0.25, -0.2) is 4.39 Å². The van der Waals surface area contributed by atoms with Crippen LogP contribution in [0.2, 0.25) is 0 Å². The first kappa shape index (κ1) is 25.1. The van der Waals surface area contributed by atoms with E-state index in [0.717, 1.165) is 72.9 Å². The smallest absolute Gasteiger partial charge is 0.172 e. The van der Waals surface area contributed by atoms with Crippen molar-refractivity contribution in [2.75, 3.05) is 32.8 Å². The van der Waals surface area contributed by atoms with Crippen LogP contribution >= 0.6 is 0 Å². The molecule has 1 aliphatic heterocycles. The molecular formula is C31H32FN3O2. The van der Waals surface area contributed by atoms with E-state index in [1.165, 1.54) is 6.07 Å². The van der Waals surface area contributed by atoms with Crippen LogP contribution in [0.5, 0.6) is 0 Å². The lowest BCUT2D eigenvalue weighted by Crippen LogP contribution is -2.36. The Kier molecular flexibility index (Phi) is 7.64. The first-order chi connectivity index (χ1) is 18.0. The van der Waals surface area contributed by atoms with Crippen LogP contribution in [0, 0.1) is 36.4 Å². The number of aliphatic hydroxyl groups is 1. The second-order valence-corrected chi connectivity index (χ2v) is 9.88. The predicted molar refractivity (Wildman–Crippen MR) is 144 cm³/mol. The minimum absolute atomic E-state index is 0.113. The maximum atomic E-state index is 13.9. The van der Waals surface area contributed by atoms with Crippen molar-refractivity contribution in [2.45, 2.75) is 26.7 Å². The second-order valence-electron chi connectivity index (χ2n) is 9.88. The van der Waals surface area contributed by atoms with E-state index in [0.29, 0.717) is 17.9 Å². The third-order valence-electron chi connectivity index (χ3n) is 7.18. The number of benzene rings is 1. The van der Waals surface area contributed by atoms with E-state index < -0.39 is 0 Å². The highest BCUT2D eigenvalue weighted by Crippen LogP contribution is 2.48. The maximum absolute atomic E-state index is 13.9. The Balaban J connectivity index is 1.45. The molecule has 5 nitrogen and oxygen atoms in total. The van der Waals surface area contributed by atoms with E-state index in [-0.39, 0.29) is 17.5 Å². The predicted octanol–water partition coefficient (Wildman–Crippen LogP) is 5.91. The number of aromatic nitrogens is 2. The van der Waals surface area contributed by atoms with E-state index in [2.05, 4.69) is 33.6 Å². The van der Waals surface area contributed by atoms with Gasteiger partial charge in [-0.2, -0.15) is 0 Å². The molecule has 3 aromatic rings. The minimum Gasteiger partial charge on any atom is -0.500 e. The van der Waals surface area contributed by atoms with Crippen molar-refractivity contribution in [3.8, 4) is 34.2 Å². The van der Waals surface area contributed by atoms with Gasteiger partial charge in [0.05, 0.1) is 24.6 Å². The van der Waals surface area contributed by atoms with Crippen molar-refractivity contribution in [1.29, 1.82) is 0 Å². The van der Waals surface area contributed by atoms with Crippen LogP contribution in [0.4, 0.5) is 4.39 Å². The Bertz CT molecular complexity index is 1370. The molecule has 5 rings (SSSR count). The van der Waals surface area contributed by atoms with Gasteiger partial charge in [0, 0.05) is 55.1 Å². The van der Waals surface area contributed by atoms with Crippen molar-refractivity contribution in [1.82, 2.24) is 14.9 Å². The number of halogens is 1. The van der Waals surface area contributed by atoms with Crippen LogP contribution in [0.1, 0.15) is 31.0 Å². The molecule has 190 valence electrons. The largest absolute Gasteiger partial charge is 0.500 e. The number of allylic oxidation sites excluding steroid dienone is 2. The summed E-state index contributed by atoms with van der Waals surface area (Å²) in [5.74, 6) is 6.77. The van der Waals surface area contributed by atoms with Crippen molar-refractivity contribution in [3.63, 3.8) is 0 Å². The van der Waals surface area contributed by atoms with Gasteiger partial charge in [0.1, 0.15) is 5.82 Å². The molecule has 0 spiro atoms. The fraction of sp³-hybridized carbons (Fsp3) is 0.355. The third-order valence-corrected chi connectivity index (χ3v) is 7.18. The van der Waals surface area contributed by atoms with E-state index >= 15 is 0 Å². The van der Waals surface area contributed by atoms with Crippen LogP contribution < -0.4 is 0 Å². The van der Waals surface area contributed by atoms with Gasteiger partial charge in [-0.3, -0.25) is 14.9 Å². The summed E-state index contributed by atoms with van der Waals surface area (Å²) in [5, 5.41) is 11.1. The minimum atomic E-state index is -0.234. The summed E-state index contributed by atoms with van der Waals surface area (Å²) in [7, 11) is 0. The Hall–Kier alpha value is -3.53. The molecule has 1 aliphatic carbocycles. The molecule has 1 unspecified atom stereocenters. The molecule has 1 N–H and O–H groups in total. The zero-order valence-electron chi connectivity index (χ0n) is 21.4. The molecule has 37 heavy (non-hydrogen) atoms. The van der Waals surface area contributed by atoms with Crippen molar-refractivity contribution < 1.29 is 14.2 Å². The molecule has 1 aromatic carbocycles. The standard InChI is InChI=1S/C31H32FN3O2/c1-21-19-26(21)30(29(36)7-3-4-13-35-14-16-37-17-15-35)28-20-23(10-12-33-28)25-6-5-11-34-31(25)24-8-9-27(32)22(2)18-24/h5-6,8-12,18,20-21,26,36H,4,13-17,19H2,1-2H3/t21?,26-/m0/s1. The molecule has 2 fully saturated rings. The van der Waals surface area contributed by atoms with Crippen molar-refractivity contribution >= 4 is 5.57 Å². The van der Waals surface area contributed by atoms with Gasteiger partial charge in [-0.15, -0.1) is 0 Å². The van der Waals surface area contributed by atoms with Crippen LogP contribution in [-0.4, -0.2) is 52.8 Å². The first-order valence-corrected chi connectivity index (χ1v) is 12.9. The van der Waals surface area contributed by atoms with Gasteiger partial charge >= 0.3 is 0 Å². The van der Waals surface area contributed by atoms with E-state index in [1.807, 2.05) is 30.3 Å². The van der Waals surface area contributed by atoms with Gasteiger partial charge in [-0.05, 0) is 78.6 Å². The zero-order valence-corrected chi connectivity index (χ0v) is 21.4. The maximum Gasteiger partial charge on any atom is 0.172 e. The Morgan fingerprint density at radius 1 is 1.11 bits per heavy atom. The molecule has 2 aliphatic rings. The number of rotatable bonds is 6. The fourth-order valence-corrected chi connectivity index (χ4v) is 4.87. The quantitative estimate of drug-likeness (QED) is 0.339. The number of hydrogen-bond donors (Lipinski definition) is 1. The second kappa shape index (κ2) is 11.2. The normalized spacial score (nSPS) is 20.1. The van der Waals surface area contributed by atoms with Crippen LogP contribution in [0.15, 0.2) is 60.6 Å². The van der Waals surface area contributed by atoms with Gasteiger partial charge in [0.15, 0.2) is 5.76 Å². The summed E-state index contributed by atoms with van der Waals surface area (Å²) in [4.78, 5) is 11.6. The van der Waals surface area contributed by atoms with Gasteiger partial charge < -0.3 is 9.84 Å². The average molecular weight is 498 g/mol. The first-order valence-electron chi connectivity index (χ1n) is 12.9. The Morgan fingerprint density at radius 2 is 1.92 bits per heavy atom. The summed E-state index contributed by atoms with van der Waals surface area (Å²) in [6.07, 6.45) is 5.22. The molecule has 1 saturated heterocycles. The zero-order chi connectivity index (χ0) is 25.8. The highest BCUT2D eigenvalue weighted by molar-refractivity contribution is 5.83. The van der Waals surface area contributed by atoms with Crippen LogP contribution in [0.3, 0.4) is 0 Å². The monoisotopic (exact) mass is 497 g/mol. The highest BCUT2D eigenvalue weighted by Gasteiger charge is 2.39. The number of ether oxygens (including phenoxy) is 1. The number of pyridine rings is 2. The van der Waals surface area contributed by atoms with E-state index in [1.54, 1.807) is 25.4 Å². The molecule has 3 heterocycles. The summed E-state index contributed by atoms with van der Waals surface area (Å²) >= 11 is 0. The number of hydrogen-bond acceptors (Lipinski definition) is 5. The topological polar surface area (TPSA) is 58.5 Å². The molecule has 2 aromatic heterocycles. The van der Waals surface area contributed by atoms with E-state index in [4.69, 9.17) is 4.74 Å². The van der Waals surface area contributed by atoms with Crippen LogP contribution in [0.25, 0.3) is 28.0 Å². The molecular weight excluding hydrogens is 465 g/mol. The summed E-state index contributed by atoms with van der Waals surface area (Å²) < 4.78 is 19.3. The molecule has 0 bridgehead atoms. The summed E-state index contributed by atoms with van der Waals surface area (Å²) in [5.41, 5.74) is 5.63. The lowest BCUT2D eigenvalue weighted by molar-refractivity contribution is 0.0390. The molecule has 0 radical (unpaired) electrons. The molecule has 6 heteroatoms. The summed E-state index contributed by atoms with van der Waals surface area (Å²) in [6, 6.07) is 12.9. The van der Waals surface area contributed by atoms with Crippen LogP contribution in [-0.2, 0) is 4.74 Å². The Morgan fingerprint density at radius 3 is 2.68 bits per heavy atom. The van der Waals surface area contributed by atoms with Gasteiger partial charge in [0.25, 0.3) is 0 Å². The number of aryl methyl sites for hydroxylation is 1. The number of nitrogens with zero attached hydrogens (tertiary/aromatic N) is 3. The van der Waals surface area contributed by atoms with E-state index in [9.17, 15) is 9.50 Å². The highest BCUT2D eigenvalue weighted by atomic mass is 19.1. The molecule has 1 saturated carbocycles. The number of aliphatic hydroxyl groups excluding tert-OH is 1. The average Bonchev–Trinajstić information content (AvgIpc) is 3.64. The third kappa shape index (κ3) is 5.90. The SMILES string of the molecule is Cc1cc(-c2ncccc2-c2ccnc(C(=C(O)C#CCCN3CCOCC3)[C@H]3CC3C)c2)ccc1F. The lowest BCUT2D eigenvalue weighted by atomic mass is 9.96.